The predicted molar refractivity (Wildman–Crippen MR) is 120 cm³/mol. The van der Waals surface area contributed by atoms with Crippen molar-refractivity contribution >= 4 is 27.8 Å². The van der Waals surface area contributed by atoms with Crippen LogP contribution in [-0.2, 0) is 0 Å². The zero-order chi connectivity index (χ0) is 24.0. The molecule has 0 radical (unpaired) electrons. The van der Waals surface area contributed by atoms with E-state index in [1.165, 1.54) is 30.3 Å². The quantitative estimate of drug-likeness (QED) is 0.361. The van der Waals surface area contributed by atoms with Crippen LogP contribution in [0, 0.1) is 11.7 Å². The number of rotatable bonds is 4. The second-order valence-electron chi connectivity index (χ2n) is 8.91. The Morgan fingerprint density at radius 1 is 1.03 bits per heavy atom. The van der Waals surface area contributed by atoms with Crippen molar-refractivity contribution in [2.75, 3.05) is 0 Å². The minimum atomic E-state index is -4.48. The highest BCUT2D eigenvalue weighted by molar-refractivity contribution is 5.96. The standard InChI is InChI=1S/C25H22F4N4O/c26-16-6-8-19-18(12-16)17(9-10-31-19)13-1-3-14(4-2-13)22(25(27,28)29)24-32-20-7-5-15(23(30)34)11-21(20)33-24/h5-14,22H,1-4H2,(H2,30,34)(H,32,33). The molecule has 1 fully saturated rings. The van der Waals surface area contributed by atoms with E-state index in [2.05, 4.69) is 15.0 Å². The lowest BCUT2D eigenvalue weighted by Gasteiger charge is -2.34. The maximum absolute atomic E-state index is 14.2. The molecular formula is C25H22F4N4O. The number of nitrogens with one attached hydrogen (secondary N) is 1. The molecule has 1 unspecified atom stereocenters. The van der Waals surface area contributed by atoms with Crippen LogP contribution in [0.3, 0.4) is 0 Å². The summed E-state index contributed by atoms with van der Waals surface area (Å²) in [7, 11) is 0. The minimum Gasteiger partial charge on any atom is -0.366 e. The van der Waals surface area contributed by atoms with Crippen molar-refractivity contribution in [3.8, 4) is 0 Å². The number of fused-ring (bicyclic) bond motifs is 2. The lowest BCUT2D eigenvalue weighted by atomic mass is 9.73. The number of pyridine rings is 1. The first-order valence-electron chi connectivity index (χ1n) is 11.1. The Morgan fingerprint density at radius 3 is 2.50 bits per heavy atom. The average molecular weight is 470 g/mol. The van der Waals surface area contributed by atoms with Gasteiger partial charge in [0.15, 0.2) is 0 Å². The minimum absolute atomic E-state index is 0.0335. The zero-order valence-electron chi connectivity index (χ0n) is 18.1. The molecule has 2 aromatic carbocycles. The van der Waals surface area contributed by atoms with E-state index in [9.17, 15) is 22.4 Å². The van der Waals surface area contributed by atoms with Crippen LogP contribution in [0.25, 0.3) is 21.9 Å². The van der Waals surface area contributed by atoms with Gasteiger partial charge in [0.2, 0.25) is 5.91 Å². The van der Waals surface area contributed by atoms with E-state index in [4.69, 9.17) is 5.73 Å². The number of hydrogen-bond donors (Lipinski definition) is 2. The highest BCUT2D eigenvalue weighted by Gasteiger charge is 2.48. The number of nitrogens with two attached hydrogens (primary N) is 1. The third kappa shape index (κ3) is 4.10. The summed E-state index contributed by atoms with van der Waals surface area (Å²) >= 11 is 0. The van der Waals surface area contributed by atoms with Gasteiger partial charge < -0.3 is 10.7 Å². The first-order chi connectivity index (χ1) is 16.2. The van der Waals surface area contributed by atoms with Crippen molar-refractivity contribution in [2.24, 2.45) is 11.7 Å². The van der Waals surface area contributed by atoms with E-state index in [0.717, 1.165) is 5.56 Å². The molecule has 9 heteroatoms. The van der Waals surface area contributed by atoms with Crippen molar-refractivity contribution in [1.29, 1.82) is 0 Å². The molecule has 176 valence electrons. The van der Waals surface area contributed by atoms with Gasteiger partial charge in [0.25, 0.3) is 0 Å². The summed E-state index contributed by atoms with van der Waals surface area (Å²) in [5.41, 5.74) is 7.77. The number of alkyl halides is 3. The molecule has 5 nitrogen and oxygen atoms in total. The van der Waals surface area contributed by atoms with E-state index < -0.39 is 23.9 Å². The Morgan fingerprint density at radius 2 is 1.79 bits per heavy atom. The van der Waals surface area contributed by atoms with Crippen LogP contribution in [0.2, 0.25) is 0 Å². The molecule has 1 atom stereocenters. The highest BCUT2D eigenvalue weighted by atomic mass is 19.4. The van der Waals surface area contributed by atoms with E-state index in [0.29, 0.717) is 42.1 Å². The normalized spacial score (nSPS) is 20.0. The Bertz CT molecular complexity index is 1370. The van der Waals surface area contributed by atoms with Gasteiger partial charge in [-0.15, -0.1) is 0 Å². The van der Waals surface area contributed by atoms with Crippen LogP contribution < -0.4 is 5.73 Å². The molecule has 0 aliphatic heterocycles. The topological polar surface area (TPSA) is 84.7 Å². The molecule has 0 saturated heterocycles. The Hall–Kier alpha value is -3.49. The summed E-state index contributed by atoms with van der Waals surface area (Å²) < 4.78 is 56.5. The number of nitrogens with zero attached hydrogens (tertiary/aromatic N) is 2. The summed E-state index contributed by atoms with van der Waals surface area (Å²) in [4.78, 5) is 22.7. The highest BCUT2D eigenvalue weighted by Crippen LogP contribution is 2.48. The van der Waals surface area contributed by atoms with Crippen LogP contribution in [0.5, 0.6) is 0 Å². The van der Waals surface area contributed by atoms with Gasteiger partial charge >= 0.3 is 6.18 Å². The number of imidazole rings is 1. The van der Waals surface area contributed by atoms with Crippen LogP contribution in [0.15, 0.2) is 48.7 Å². The lowest BCUT2D eigenvalue weighted by Crippen LogP contribution is -2.31. The molecule has 34 heavy (non-hydrogen) atoms. The van der Waals surface area contributed by atoms with Crippen molar-refractivity contribution in [3.63, 3.8) is 0 Å². The molecule has 1 aliphatic rings. The zero-order valence-corrected chi connectivity index (χ0v) is 18.1. The molecule has 2 heterocycles. The van der Waals surface area contributed by atoms with Gasteiger partial charge in [-0.25, -0.2) is 9.37 Å². The summed E-state index contributed by atoms with van der Waals surface area (Å²) in [5, 5.41) is 0.709. The van der Waals surface area contributed by atoms with E-state index in [1.807, 2.05) is 6.07 Å². The van der Waals surface area contributed by atoms with E-state index in [-0.39, 0.29) is 28.6 Å². The number of aromatic amines is 1. The van der Waals surface area contributed by atoms with E-state index >= 15 is 0 Å². The van der Waals surface area contributed by atoms with Gasteiger partial charge in [-0.3, -0.25) is 9.78 Å². The number of carbonyl (C=O) groups excluding carboxylic acids is 1. The third-order valence-corrected chi connectivity index (χ3v) is 6.85. The van der Waals surface area contributed by atoms with Crippen molar-refractivity contribution < 1.29 is 22.4 Å². The van der Waals surface area contributed by atoms with Gasteiger partial charge in [0.1, 0.15) is 17.6 Å². The lowest BCUT2D eigenvalue weighted by molar-refractivity contribution is -0.166. The van der Waals surface area contributed by atoms with Gasteiger partial charge in [-0.1, -0.05) is 0 Å². The largest absolute Gasteiger partial charge is 0.399 e. The van der Waals surface area contributed by atoms with Gasteiger partial charge in [-0.05, 0) is 85.5 Å². The summed E-state index contributed by atoms with van der Waals surface area (Å²) in [5.74, 6) is -3.53. The second-order valence-corrected chi connectivity index (χ2v) is 8.91. The first kappa shape index (κ1) is 22.3. The van der Waals surface area contributed by atoms with Crippen LogP contribution in [0.4, 0.5) is 17.6 Å². The average Bonchev–Trinajstić information content (AvgIpc) is 3.20. The number of hydrogen-bond acceptors (Lipinski definition) is 3. The fourth-order valence-electron chi connectivity index (χ4n) is 5.23. The fraction of sp³-hybridized carbons (Fsp3) is 0.320. The molecule has 1 saturated carbocycles. The van der Waals surface area contributed by atoms with Gasteiger partial charge in [0.05, 0.1) is 16.6 Å². The molecule has 5 rings (SSSR count). The predicted octanol–water partition coefficient (Wildman–Crippen LogP) is 5.97. The molecule has 4 aromatic rings. The number of primary amides is 1. The first-order valence-corrected chi connectivity index (χ1v) is 11.1. The van der Waals surface area contributed by atoms with Gasteiger partial charge in [0, 0.05) is 17.1 Å². The third-order valence-electron chi connectivity index (χ3n) is 6.85. The Labute approximate surface area is 192 Å². The number of halogens is 4. The maximum atomic E-state index is 14.2. The SMILES string of the molecule is NC(=O)c1ccc2[nH]c(C(C3CCC(c4ccnc5ccc(F)cc45)CC3)C(F)(F)F)nc2c1. The number of carbonyl (C=O) groups is 1. The van der Waals surface area contributed by atoms with Gasteiger partial charge in [-0.2, -0.15) is 13.2 Å². The molecule has 0 bridgehead atoms. The molecule has 1 aliphatic carbocycles. The number of aromatic nitrogens is 3. The van der Waals surface area contributed by atoms with E-state index in [1.54, 1.807) is 12.3 Å². The number of H-pyrrole nitrogens is 1. The smallest absolute Gasteiger partial charge is 0.366 e. The fourth-order valence-corrected chi connectivity index (χ4v) is 5.23. The summed E-state index contributed by atoms with van der Waals surface area (Å²) in [6, 6.07) is 10.6. The van der Waals surface area contributed by atoms with Crippen molar-refractivity contribution in [3.05, 3.63) is 71.4 Å². The maximum Gasteiger partial charge on any atom is 0.399 e. The van der Waals surface area contributed by atoms with Crippen LogP contribution >= 0.6 is 0 Å². The molecule has 1 amide bonds. The number of benzene rings is 2. The van der Waals surface area contributed by atoms with Crippen LogP contribution in [0.1, 0.15) is 59.3 Å². The second kappa shape index (κ2) is 8.38. The van der Waals surface area contributed by atoms with Crippen LogP contribution in [-0.4, -0.2) is 27.0 Å². The summed E-state index contributed by atoms with van der Waals surface area (Å²) in [6.45, 7) is 0. The Kier molecular flexibility index (Phi) is 5.50. The monoisotopic (exact) mass is 470 g/mol. The molecule has 0 spiro atoms. The molecule has 2 aromatic heterocycles. The summed E-state index contributed by atoms with van der Waals surface area (Å²) in [6.07, 6.45) is -0.994. The van der Waals surface area contributed by atoms with Crippen molar-refractivity contribution in [1.82, 2.24) is 15.0 Å². The Balaban J connectivity index is 1.41. The molecular weight excluding hydrogens is 448 g/mol. The number of amides is 1. The van der Waals surface area contributed by atoms with Crippen molar-refractivity contribution in [2.45, 2.75) is 43.7 Å². The molecule has 3 N–H and O–H groups in total.